The Morgan fingerprint density at radius 3 is 2.45 bits per heavy atom. The number of aliphatic hydroxyl groups excluding tert-OH is 1. The standard InChI is InChI=1S/C21H26FN9O6S/c1-35-18-16(19(36-2)26-11-25-18)31-17(15-4-3-5-37-15)27-28-21(31)29-38(33,34)14-6-13(32)9-30(10-14)20-23-7-12(22)8-24-20/h7-8,11,13-15,32H,3-6,9-10H2,1-2H3,(H,28,29)/t13-,14+,15?/m1/s1. The van der Waals surface area contributed by atoms with Crippen LogP contribution in [0.3, 0.4) is 0 Å². The fourth-order valence-electron chi connectivity index (χ4n) is 4.50. The molecule has 17 heteroatoms. The molecule has 0 spiro atoms. The van der Waals surface area contributed by atoms with E-state index in [2.05, 4.69) is 34.9 Å². The number of ether oxygens (including phenoxy) is 3. The highest BCUT2D eigenvalue weighted by Gasteiger charge is 2.38. The second-order valence-corrected chi connectivity index (χ2v) is 10.7. The van der Waals surface area contributed by atoms with Gasteiger partial charge in [-0.1, -0.05) is 0 Å². The molecule has 0 aliphatic carbocycles. The largest absolute Gasteiger partial charge is 0.479 e. The summed E-state index contributed by atoms with van der Waals surface area (Å²) in [6.45, 7) is 0.554. The van der Waals surface area contributed by atoms with Gasteiger partial charge in [0.25, 0.3) is 0 Å². The van der Waals surface area contributed by atoms with Crippen molar-refractivity contribution in [3.63, 3.8) is 0 Å². The molecule has 15 nitrogen and oxygen atoms in total. The van der Waals surface area contributed by atoms with Crippen molar-refractivity contribution >= 4 is 21.9 Å². The van der Waals surface area contributed by atoms with Gasteiger partial charge in [0, 0.05) is 19.7 Å². The van der Waals surface area contributed by atoms with Gasteiger partial charge in [-0.3, -0.25) is 9.29 Å². The topological polar surface area (TPSA) is 180 Å². The van der Waals surface area contributed by atoms with Crippen LogP contribution in [-0.2, 0) is 14.8 Å². The van der Waals surface area contributed by atoms with Crippen LogP contribution < -0.4 is 19.1 Å². The zero-order valence-electron chi connectivity index (χ0n) is 20.6. The van der Waals surface area contributed by atoms with Gasteiger partial charge in [0.2, 0.25) is 33.7 Å². The smallest absolute Gasteiger partial charge is 0.245 e. The number of methoxy groups -OCH3 is 2. The van der Waals surface area contributed by atoms with Crippen molar-refractivity contribution in [2.24, 2.45) is 0 Å². The lowest BCUT2D eigenvalue weighted by Gasteiger charge is -2.35. The van der Waals surface area contributed by atoms with Crippen LogP contribution in [0.2, 0.25) is 0 Å². The van der Waals surface area contributed by atoms with E-state index in [9.17, 15) is 17.9 Å². The summed E-state index contributed by atoms with van der Waals surface area (Å²) in [5.41, 5.74) is 0.190. The molecule has 38 heavy (non-hydrogen) atoms. The molecule has 3 aromatic heterocycles. The van der Waals surface area contributed by atoms with Crippen LogP contribution in [0.1, 0.15) is 31.2 Å². The summed E-state index contributed by atoms with van der Waals surface area (Å²) in [5, 5.41) is 17.7. The summed E-state index contributed by atoms with van der Waals surface area (Å²) in [5.74, 6) is -0.171. The first-order valence-electron chi connectivity index (χ1n) is 11.7. The summed E-state index contributed by atoms with van der Waals surface area (Å²) >= 11 is 0. The number of hydrogen-bond donors (Lipinski definition) is 2. The molecule has 1 unspecified atom stereocenters. The second kappa shape index (κ2) is 10.6. The minimum atomic E-state index is -4.17. The molecule has 0 saturated carbocycles. The number of halogens is 1. The minimum Gasteiger partial charge on any atom is -0.479 e. The first kappa shape index (κ1) is 25.9. The monoisotopic (exact) mass is 551 g/mol. The fourth-order valence-corrected chi connectivity index (χ4v) is 5.91. The molecule has 3 aromatic rings. The number of anilines is 2. The average molecular weight is 552 g/mol. The summed E-state index contributed by atoms with van der Waals surface area (Å²) in [7, 11) is -1.36. The molecule has 2 N–H and O–H groups in total. The Morgan fingerprint density at radius 2 is 1.82 bits per heavy atom. The summed E-state index contributed by atoms with van der Waals surface area (Å²) in [6.07, 6.45) is 3.12. The molecule has 5 rings (SSSR count). The van der Waals surface area contributed by atoms with Gasteiger partial charge < -0.3 is 24.2 Å². The van der Waals surface area contributed by atoms with E-state index in [-0.39, 0.29) is 48.9 Å². The summed E-state index contributed by atoms with van der Waals surface area (Å²) in [6, 6.07) is 0. The number of sulfonamides is 1. The Bertz CT molecular complexity index is 1360. The van der Waals surface area contributed by atoms with Gasteiger partial charge in [0.05, 0.1) is 32.7 Å². The number of hydrogen-bond acceptors (Lipinski definition) is 13. The molecule has 2 aliphatic rings. The maximum Gasteiger partial charge on any atom is 0.245 e. The highest BCUT2D eigenvalue weighted by atomic mass is 32.2. The van der Waals surface area contributed by atoms with Gasteiger partial charge in [0.15, 0.2) is 17.3 Å². The van der Waals surface area contributed by atoms with E-state index in [0.717, 1.165) is 18.8 Å². The van der Waals surface area contributed by atoms with Crippen molar-refractivity contribution in [1.82, 2.24) is 34.7 Å². The predicted molar refractivity (Wildman–Crippen MR) is 129 cm³/mol. The summed E-state index contributed by atoms with van der Waals surface area (Å²) in [4.78, 5) is 17.6. The van der Waals surface area contributed by atoms with Gasteiger partial charge in [-0.05, 0) is 19.3 Å². The van der Waals surface area contributed by atoms with Gasteiger partial charge in [0.1, 0.15) is 17.7 Å². The van der Waals surface area contributed by atoms with Crippen molar-refractivity contribution in [2.75, 3.05) is 43.5 Å². The first-order chi connectivity index (χ1) is 18.3. The van der Waals surface area contributed by atoms with Crippen molar-refractivity contribution < 1.29 is 32.1 Å². The zero-order chi connectivity index (χ0) is 26.9. The average Bonchev–Trinajstić information content (AvgIpc) is 3.58. The normalized spacial score (nSPS) is 21.9. The highest BCUT2D eigenvalue weighted by Crippen LogP contribution is 2.37. The van der Waals surface area contributed by atoms with Crippen LogP contribution in [0.25, 0.3) is 5.69 Å². The number of piperidine rings is 1. The van der Waals surface area contributed by atoms with E-state index in [1.807, 2.05) is 0 Å². The molecule has 2 fully saturated rings. The Balaban J connectivity index is 1.51. The molecule has 204 valence electrons. The number of aromatic nitrogens is 7. The van der Waals surface area contributed by atoms with Crippen molar-refractivity contribution in [2.45, 2.75) is 36.7 Å². The highest BCUT2D eigenvalue weighted by molar-refractivity contribution is 7.93. The number of β-amino-alcohol motifs (C(OH)–C–C–N with tert-alkyl or cyclic N) is 1. The molecule has 5 heterocycles. The predicted octanol–water partition coefficient (Wildman–Crippen LogP) is 0.237. The molecule has 2 aliphatic heterocycles. The third-order valence-electron chi connectivity index (χ3n) is 6.22. The molecule has 0 amide bonds. The minimum absolute atomic E-state index is 0.0498. The van der Waals surface area contributed by atoms with E-state index in [1.165, 1.54) is 30.0 Å². The molecular weight excluding hydrogens is 525 g/mol. The third kappa shape index (κ3) is 5.03. The van der Waals surface area contributed by atoms with Crippen LogP contribution >= 0.6 is 0 Å². The Kier molecular flexibility index (Phi) is 7.22. The Hall–Kier alpha value is -3.70. The fraction of sp³-hybridized carbons (Fsp3) is 0.524. The van der Waals surface area contributed by atoms with E-state index in [4.69, 9.17) is 14.2 Å². The van der Waals surface area contributed by atoms with E-state index in [0.29, 0.717) is 18.9 Å². The molecule has 3 atom stereocenters. The third-order valence-corrected chi connectivity index (χ3v) is 7.91. The lowest BCUT2D eigenvalue weighted by atomic mass is 10.1. The van der Waals surface area contributed by atoms with Gasteiger partial charge in [-0.15, -0.1) is 10.2 Å². The van der Waals surface area contributed by atoms with Gasteiger partial charge in [-0.25, -0.2) is 22.8 Å². The van der Waals surface area contributed by atoms with Crippen LogP contribution in [-0.4, -0.2) is 93.5 Å². The first-order valence-corrected chi connectivity index (χ1v) is 13.3. The van der Waals surface area contributed by atoms with Gasteiger partial charge >= 0.3 is 0 Å². The van der Waals surface area contributed by atoms with E-state index in [1.54, 1.807) is 0 Å². The molecule has 0 bridgehead atoms. The number of nitrogens with zero attached hydrogens (tertiary/aromatic N) is 8. The lowest BCUT2D eigenvalue weighted by Crippen LogP contribution is -2.50. The van der Waals surface area contributed by atoms with Crippen LogP contribution in [0, 0.1) is 5.82 Å². The van der Waals surface area contributed by atoms with Crippen LogP contribution in [0.15, 0.2) is 18.7 Å². The van der Waals surface area contributed by atoms with Crippen LogP contribution in [0.4, 0.5) is 16.3 Å². The van der Waals surface area contributed by atoms with Crippen molar-refractivity contribution in [3.8, 4) is 17.4 Å². The number of nitrogens with one attached hydrogen (secondary N) is 1. The second-order valence-electron chi connectivity index (χ2n) is 8.72. The maximum absolute atomic E-state index is 13.6. The Morgan fingerprint density at radius 1 is 1.11 bits per heavy atom. The molecule has 0 radical (unpaired) electrons. The molecule has 0 aromatic carbocycles. The maximum atomic E-state index is 13.6. The quantitative estimate of drug-likeness (QED) is 0.389. The number of aliphatic hydroxyl groups is 1. The SMILES string of the molecule is COc1ncnc(OC)c1-n1c(NS(=O)(=O)[C@H]2C[C@@H](O)CN(c3ncc(F)cn3)C2)nnc1C1CCCO1. The molecular formula is C21H26FN9O6S. The number of rotatable bonds is 8. The van der Waals surface area contributed by atoms with Crippen LogP contribution in [0.5, 0.6) is 11.8 Å². The van der Waals surface area contributed by atoms with Crippen molar-refractivity contribution in [1.29, 1.82) is 0 Å². The zero-order valence-corrected chi connectivity index (χ0v) is 21.4. The van der Waals surface area contributed by atoms with Gasteiger partial charge in [-0.2, -0.15) is 9.97 Å². The summed E-state index contributed by atoms with van der Waals surface area (Å²) < 4.78 is 61.0. The van der Waals surface area contributed by atoms with E-state index >= 15 is 0 Å². The molecule has 2 saturated heterocycles. The Labute approximate surface area is 217 Å². The van der Waals surface area contributed by atoms with E-state index < -0.39 is 33.3 Å². The lowest BCUT2D eigenvalue weighted by molar-refractivity contribution is 0.103. The van der Waals surface area contributed by atoms with Crippen molar-refractivity contribution in [3.05, 3.63) is 30.4 Å².